The molecule has 3 rings (SSSR count). The zero-order chi connectivity index (χ0) is 21.1. The lowest BCUT2D eigenvalue weighted by Crippen LogP contribution is -2.17. The van der Waals surface area contributed by atoms with Crippen LogP contribution in [0.3, 0.4) is 0 Å². The average molecular weight is 463 g/mol. The third-order valence-corrected chi connectivity index (χ3v) is 5.18. The lowest BCUT2D eigenvalue weighted by Gasteiger charge is -2.17. The summed E-state index contributed by atoms with van der Waals surface area (Å²) in [6.45, 7) is 1.49. The number of H-pyrrole nitrogens is 1. The molecule has 0 aliphatic rings. The van der Waals surface area contributed by atoms with Crippen molar-refractivity contribution in [1.82, 2.24) is 4.98 Å². The van der Waals surface area contributed by atoms with Gasteiger partial charge in [0.05, 0.1) is 0 Å². The molecule has 0 atom stereocenters. The second-order valence-corrected chi connectivity index (χ2v) is 7.22. The van der Waals surface area contributed by atoms with Gasteiger partial charge in [0.2, 0.25) is 5.91 Å². The minimum Gasteiger partial charge on any atom is -0.487 e. The van der Waals surface area contributed by atoms with Gasteiger partial charge in [0.25, 0.3) is 5.56 Å². The Morgan fingerprint density at radius 2 is 1.90 bits per heavy atom. The molecule has 0 bridgehead atoms. The third-order valence-electron chi connectivity index (χ3n) is 4.46. The average Bonchev–Trinajstić information content (AvgIpc) is 2.67. The van der Waals surface area contributed by atoms with E-state index in [2.05, 4.69) is 20.9 Å². The van der Waals surface area contributed by atoms with E-state index in [-0.39, 0.29) is 28.8 Å². The van der Waals surface area contributed by atoms with Crippen molar-refractivity contribution >= 4 is 21.8 Å². The zero-order valence-electron chi connectivity index (χ0n) is 15.4. The largest absolute Gasteiger partial charge is 0.487 e. The number of nitrogens with two attached hydrogens (primary N) is 1. The number of carbonyl (C=O) groups excluding carboxylic acids is 1. The maximum atomic E-state index is 14.0. The number of aryl methyl sites for hydroxylation is 1. The summed E-state index contributed by atoms with van der Waals surface area (Å²) in [4.78, 5) is 26.6. The molecule has 1 heterocycles. The molecule has 2 aromatic carbocycles. The molecule has 0 unspecified atom stereocenters. The van der Waals surface area contributed by atoms with E-state index < -0.39 is 23.1 Å². The highest BCUT2D eigenvalue weighted by molar-refractivity contribution is 9.10. The molecular weight excluding hydrogens is 446 g/mol. The van der Waals surface area contributed by atoms with Crippen LogP contribution in [0.2, 0.25) is 0 Å². The van der Waals surface area contributed by atoms with Crippen LogP contribution in [0.5, 0.6) is 5.75 Å². The molecule has 5 nitrogen and oxygen atoms in total. The summed E-state index contributed by atoms with van der Waals surface area (Å²) >= 11 is 3.22. The number of aromatic amines is 1. The number of halogens is 3. The number of amides is 1. The van der Waals surface area contributed by atoms with Gasteiger partial charge in [0.15, 0.2) is 0 Å². The second kappa shape index (κ2) is 8.57. The maximum Gasteiger partial charge on any atom is 0.266 e. The number of hydrogen-bond donors (Lipinski definition) is 2. The van der Waals surface area contributed by atoms with Crippen LogP contribution in [-0.2, 0) is 13.0 Å². The fraction of sp³-hybridized carbons (Fsp3) is 0.143. The van der Waals surface area contributed by atoms with E-state index in [1.54, 1.807) is 31.2 Å². The summed E-state index contributed by atoms with van der Waals surface area (Å²) in [5.41, 5.74) is 7.32. The number of carbonyl (C=O) groups is 1. The summed E-state index contributed by atoms with van der Waals surface area (Å²) in [6, 6.07) is 10.0. The Balaban J connectivity index is 2.01. The van der Waals surface area contributed by atoms with Gasteiger partial charge in [-0.25, -0.2) is 8.78 Å². The van der Waals surface area contributed by atoms with Crippen LogP contribution in [-0.4, -0.2) is 10.9 Å². The first-order valence-electron chi connectivity index (χ1n) is 8.63. The van der Waals surface area contributed by atoms with Gasteiger partial charge in [-0.2, -0.15) is 0 Å². The quantitative estimate of drug-likeness (QED) is 0.580. The summed E-state index contributed by atoms with van der Waals surface area (Å²) in [5, 5.41) is 0. The highest BCUT2D eigenvalue weighted by Gasteiger charge is 2.19. The van der Waals surface area contributed by atoms with Gasteiger partial charge >= 0.3 is 0 Å². The molecular formula is C21H17BrF2N2O3. The Kier molecular flexibility index (Phi) is 6.12. The van der Waals surface area contributed by atoms with Crippen molar-refractivity contribution in [3.8, 4) is 5.75 Å². The highest BCUT2D eigenvalue weighted by atomic mass is 79.9. The van der Waals surface area contributed by atoms with E-state index in [1.807, 2.05) is 0 Å². The number of hydrogen-bond acceptors (Lipinski definition) is 3. The third kappa shape index (κ3) is 4.54. The standard InChI is InChI=1S/C21H17BrF2N2O3/c1-11-16(8-12-4-2-3-5-15(12)20(25)27)19(18(22)21(28)26-11)29-10-13-6-7-14(23)9-17(13)24/h2-7,9H,8,10H2,1H3,(H2,25,27)(H,26,28). The number of aromatic nitrogens is 1. The van der Waals surface area contributed by atoms with Crippen molar-refractivity contribution in [2.24, 2.45) is 5.73 Å². The van der Waals surface area contributed by atoms with Gasteiger partial charge in [0.1, 0.15) is 28.5 Å². The summed E-state index contributed by atoms with van der Waals surface area (Å²) in [6.07, 6.45) is 0.252. The van der Waals surface area contributed by atoms with Crippen LogP contribution in [0.4, 0.5) is 8.78 Å². The number of primary amides is 1. The van der Waals surface area contributed by atoms with Crippen LogP contribution >= 0.6 is 15.9 Å². The highest BCUT2D eigenvalue weighted by Crippen LogP contribution is 2.31. The fourth-order valence-corrected chi connectivity index (χ4v) is 3.42. The van der Waals surface area contributed by atoms with E-state index in [9.17, 15) is 18.4 Å². The first kappa shape index (κ1) is 20.7. The molecule has 150 valence electrons. The van der Waals surface area contributed by atoms with Crippen molar-refractivity contribution in [3.05, 3.63) is 96.9 Å². The van der Waals surface area contributed by atoms with E-state index in [0.29, 0.717) is 22.4 Å². The van der Waals surface area contributed by atoms with E-state index >= 15 is 0 Å². The zero-order valence-corrected chi connectivity index (χ0v) is 17.0. The minimum absolute atomic E-state index is 0.136. The Morgan fingerprint density at radius 3 is 2.59 bits per heavy atom. The van der Waals surface area contributed by atoms with Crippen molar-refractivity contribution in [1.29, 1.82) is 0 Å². The van der Waals surface area contributed by atoms with Crippen molar-refractivity contribution in [3.63, 3.8) is 0 Å². The molecule has 0 aliphatic carbocycles. The van der Waals surface area contributed by atoms with Gasteiger partial charge in [-0.05, 0) is 46.6 Å². The molecule has 29 heavy (non-hydrogen) atoms. The smallest absolute Gasteiger partial charge is 0.266 e. The first-order chi connectivity index (χ1) is 13.8. The monoisotopic (exact) mass is 462 g/mol. The molecule has 0 aliphatic heterocycles. The van der Waals surface area contributed by atoms with Crippen molar-refractivity contribution < 1.29 is 18.3 Å². The van der Waals surface area contributed by atoms with Gasteiger partial charge < -0.3 is 15.5 Å². The topological polar surface area (TPSA) is 85.2 Å². The molecule has 3 N–H and O–H groups in total. The van der Waals surface area contributed by atoms with Crippen LogP contribution in [0.25, 0.3) is 0 Å². The minimum atomic E-state index is -0.747. The normalized spacial score (nSPS) is 10.8. The van der Waals surface area contributed by atoms with Gasteiger partial charge in [-0.15, -0.1) is 0 Å². The SMILES string of the molecule is Cc1[nH]c(=O)c(Br)c(OCc2ccc(F)cc2F)c1Cc1ccccc1C(N)=O. The second-order valence-electron chi connectivity index (χ2n) is 6.42. The molecule has 0 saturated carbocycles. The fourth-order valence-electron chi connectivity index (χ4n) is 2.96. The summed E-state index contributed by atoms with van der Waals surface area (Å²) in [5.74, 6) is -1.79. The number of pyridine rings is 1. The maximum absolute atomic E-state index is 14.0. The van der Waals surface area contributed by atoms with E-state index in [4.69, 9.17) is 10.5 Å². The number of benzene rings is 2. The van der Waals surface area contributed by atoms with E-state index in [0.717, 1.165) is 12.1 Å². The van der Waals surface area contributed by atoms with Crippen LogP contribution in [0.15, 0.2) is 51.7 Å². The van der Waals surface area contributed by atoms with E-state index in [1.165, 1.54) is 6.07 Å². The van der Waals surface area contributed by atoms with Gasteiger partial charge in [0, 0.05) is 34.9 Å². The van der Waals surface area contributed by atoms with Gasteiger partial charge in [-0.3, -0.25) is 9.59 Å². The first-order valence-corrected chi connectivity index (χ1v) is 9.43. The van der Waals surface area contributed by atoms with Crippen LogP contribution in [0, 0.1) is 18.6 Å². The molecule has 1 aromatic heterocycles. The van der Waals surface area contributed by atoms with Crippen LogP contribution in [0.1, 0.15) is 32.7 Å². The van der Waals surface area contributed by atoms with Crippen LogP contribution < -0.4 is 16.0 Å². The van der Waals surface area contributed by atoms with Crippen molar-refractivity contribution in [2.45, 2.75) is 20.0 Å². The molecule has 0 spiro atoms. The molecule has 0 fully saturated rings. The molecule has 0 saturated heterocycles. The lowest BCUT2D eigenvalue weighted by atomic mass is 9.98. The summed E-state index contributed by atoms with van der Waals surface area (Å²) in [7, 11) is 0. The Hall–Kier alpha value is -3.00. The Labute approximate surface area is 173 Å². The predicted molar refractivity (Wildman–Crippen MR) is 108 cm³/mol. The van der Waals surface area contributed by atoms with Crippen molar-refractivity contribution in [2.75, 3.05) is 0 Å². The number of rotatable bonds is 6. The number of nitrogens with one attached hydrogen (secondary N) is 1. The Bertz CT molecular complexity index is 1150. The predicted octanol–water partition coefficient (Wildman–Crippen LogP) is 3.99. The number of ether oxygens (including phenoxy) is 1. The lowest BCUT2D eigenvalue weighted by molar-refractivity contribution is 0.0999. The summed E-state index contributed by atoms with van der Waals surface area (Å²) < 4.78 is 33.0. The van der Waals surface area contributed by atoms with Gasteiger partial charge in [-0.1, -0.05) is 18.2 Å². The molecule has 8 heteroatoms. The Morgan fingerprint density at radius 1 is 1.17 bits per heavy atom. The molecule has 1 amide bonds. The molecule has 0 radical (unpaired) electrons. The molecule has 3 aromatic rings.